The molecule has 0 spiro atoms. The van der Waals surface area contributed by atoms with Crippen LogP contribution in [0, 0.1) is 6.92 Å². The molecule has 2 rings (SSSR count). The van der Waals surface area contributed by atoms with Crippen molar-refractivity contribution in [3.05, 3.63) is 65.7 Å². The molecule has 1 atom stereocenters. The van der Waals surface area contributed by atoms with E-state index >= 15 is 0 Å². The summed E-state index contributed by atoms with van der Waals surface area (Å²) in [4.78, 5) is 0.128. The molecule has 0 aliphatic rings. The number of aryl methyl sites for hydroxylation is 1. The second-order valence-corrected chi connectivity index (χ2v) is 6.30. The number of hydrogen-bond donors (Lipinski definition) is 0. The predicted octanol–water partition coefficient (Wildman–Crippen LogP) is 3.26. The minimum absolute atomic E-state index is 0.128. The number of benzene rings is 2. The molecular formula is C16H18O4S. The second kappa shape index (κ2) is 6.85. The number of rotatable bonds is 6. The first-order valence-corrected chi connectivity index (χ1v) is 8.04. The van der Waals surface area contributed by atoms with Gasteiger partial charge >= 0.3 is 0 Å². The van der Waals surface area contributed by atoms with Gasteiger partial charge in [-0.05, 0) is 31.5 Å². The third-order valence-corrected chi connectivity index (χ3v) is 4.27. The van der Waals surface area contributed by atoms with Crippen molar-refractivity contribution in [2.45, 2.75) is 31.6 Å². The fourth-order valence-electron chi connectivity index (χ4n) is 1.75. The molecule has 0 amide bonds. The molecular weight excluding hydrogens is 288 g/mol. The van der Waals surface area contributed by atoms with Crippen LogP contribution in [0.4, 0.5) is 0 Å². The summed E-state index contributed by atoms with van der Waals surface area (Å²) in [6.45, 7) is 3.75. The summed E-state index contributed by atoms with van der Waals surface area (Å²) in [6, 6.07) is 16.0. The first-order chi connectivity index (χ1) is 9.97. The standard InChI is InChI=1S/C16H18O4S/c1-13-8-10-16(11-9-13)21(17,18)20-14(2)19-12-15-6-4-3-5-7-15/h3-11,14H,12H2,1-2H3. The van der Waals surface area contributed by atoms with E-state index in [1.54, 1.807) is 19.1 Å². The van der Waals surface area contributed by atoms with Crippen LogP contribution in [-0.2, 0) is 25.6 Å². The van der Waals surface area contributed by atoms with Crippen LogP contribution in [0.25, 0.3) is 0 Å². The number of hydrogen-bond acceptors (Lipinski definition) is 4. The quantitative estimate of drug-likeness (QED) is 0.607. The van der Waals surface area contributed by atoms with Gasteiger partial charge in [0, 0.05) is 0 Å². The van der Waals surface area contributed by atoms with Gasteiger partial charge in [0.25, 0.3) is 10.1 Å². The Morgan fingerprint density at radius 2 is 1.62 bits per heavy atom. The molecule has 0 radical (unpaired) electrons. The average Bonchev–Trinajstić information content (AvgIpc) is 2.46. The topological polar surface area (TPSA) is 52.6 Å². The summed E-state index contributed by atoms with van der Waals surface area (Å²) in [5.41, 5.74) is 1.95. The highest BCUT2D eigenvalue weighted by atomic mass is 32.2. The van der Waals surface area contributed by atoms with Crippen molar-refractivity contribution in [2.75, 3.05) is 0 Å². The number of ether oxygens (including phenoxy) is 1. The molecule has 21 heavy (non-hydrogen) atoms. The molecule has 1 unspecified atom stereocenters. The van der Waals surface area contributed by atoms with Crippen molar-refractivity contribution >= 4 is 10.1 Å². The van der Waals surface area contributed by atoms with E-state index in [4.69, 9.17) is 8.92 Å². The van der Waals surface area contributed by atoms with E-state index in [-0.39, 0.29) is 4.90 Å². The van der Waals surface area contributed by atoms with Gasteiger partial charge < -0.3 is 4.74 Å². The average molecular weight is 306 g/mol. The van der Waals surface area contributed by atoms with Gasteiger partial charge in [-0.2, -0.15) is 8.42 Å². The lowest BCUT2D eigenvalue weighted by Gasteiger charge is -2.14. The Balaban J connectivity index is 1.95. The third-order valence-electron chi connectivity index (χ3n) is 2.90. The minimum atomic E-state index is -3.81. The predicted molar refractivity (Wildman–Crippen MR) is 80.1 cm³/mol. The van der Waals surface area contributed by atoms with Crippen molar-refractivity contribution in [2.24, 2.45) is 0 Å². The zero-order valence-corrected chi connectivity index (χ0v) is 12.8. The monoisotopic (exact) mass is 306 g/mol. The maximum Gasteiger partial charge on any atom is 0.299 e. The molecule has 0 heterocycles. The molecule has 2 aromatic carbocycles. The van der Waals surface area contributed by atoms with E-state index < -0.39 is 16.4 Å². The van der Waals surface area contributed by atoms with Crippen LogP contribution in [0.3, 0.4) is 0 Å². The second-order valence-electron chi connectivity index (χ2n) is 4.73. The van der Waals surface area contributed by atoms with Crippen LogP contribution >= 0.6 is 0 Å². The van der Waals surface area contributed by atoms with Crippen LogP contribution in [0.2, 0.25) is 0 Å². The van der Waals surface area contributed by atoms with Crippen molar-refractivity contribution in [3.63, 3.8) is 0 Å². The van der Waals surface area contributed by atoms with Crippen LogP contribution in [0.1, 0.15) is 18.1 Å². The Hall–Kier alpha value is -1.69. The highest BCUT2D eigenvalue weighted by Gasteiger charge is 2.19. The lowest BCUT2D eigenvalue weighted by Crippen LogP contribution is -2.18. The summed E-state index contributed by atoms with van der Waals surface area (Å²) in [6.07, 6.45) is -0.850. The molecule has 0 aliphatic carbocycles. The minimum Gasteiger partial charge on any atom is -0.347 e. The van der Waals surface area contributed by atoms with Crippen LogP contribution in [0.15, 0.2) is 59.5 Å². The highest BCUT2D eigenvalue weighted by molar-refractivity contribution is 7.86. The lowest BCUT2D eigenvalue weighted by molar-refractivity contribution is -0.0720. The van der Waals surface area contributed by atoms with E-state index in [0.29, 0.717) is 6.61 Å². The SMILES string of the molecule is Cc1ccc(S(=O)(=O)OC(C)OCc2ccccc2)cc1. The Bertz CT molecular complexity index is 663. The molecule has 4 nitrogen and oxygen atoms in total. The zero-order valence-electron chi connectivity index (χ0n) is 12.0. The summed E-state index contributed by atoms with van der Waals surface area (Å²) in [5, 5.41) is 0. The third kappa shape index (κ3) is 4.67. The molecule has 0 bridgehead atoms. The van der Waals surface area contributed by atoms with Crippen LogP contribution in [0.5, 0.6) is 0 Å². The smallest absolute Gasteiger partial charge is 0.299 e. The summed E-state index contributed by atoms with van der Waals surface area (Å²) < 4.78 is 34.6. The van der Waals surface area contributed by atoms with Gasteiger partial charge in [0.2, 0.25) is 0 Å². The van der Waals surface area contributed by atoms with E-state index in [1.807, 2.05) is 37.3 Å². The zero-order chi connectivity index (χ0) is 15.3. The molecule has 0 aromatic heterocycles. The van der Waals surface area contributed by atoms with E-state index in [2.05, 4.69) is 0 Å². The fraction of sp³-hybridized carbons (Fsp3) is 0.250. The first kappa shape index (κ1) is 15.7. The Kier molecular flexibility index (Phi) is 5.12. The summed E-state index contributed by atoms with van der Waals surface area (Å²) in [5.74, 6) is 0. The maximum atomic E-state index is 12.1. The van der Waals surface area contributed by atoms with Crippen molar-refractivity contribution in [1.82, 2.24) is 0 Å². The Morgan fingerprint density at radius 3 is 2.24 bits per heavy atom. The molecule has 2 aromatic rings. The Labute approximate surface area is 125 Å². The molecule has 0 N–H and O–H groups in total. The van der Waals surface area contributed by atoms with Crippen LogP contribution in [-0.4, -0.2) is 14.7 Å². The van der Waals surface area contributed by atoms with Crippen molar-refractivity contribution in [1.29, 1.82) is 0 Å². The van der Waals surface area contributed by atoms with E-state index in [0.717, 1.165) is 11.1 Å². The highest BCUT2D eigenvalue weighted by Crippen LogP contribution is 2.16. The van der Waals surface area contributed by atoms with Crippen molar-refractivity contribution in [3.8, 4) is 0 Å². The maximum absolute atomic E-state index is 12.1. The van der Waals surface area contributed by atoms with Gasteiger partial charge in [-0.15, -0.1) is 0 Å². The van der Waals surface area contributed by atoms with Gasteiger partial charge in [0.1, 0.15) is 0 Å². The summed E-state index contributed by atoms with van der Waals surface area (Å²) in [7, 11) is -3.81. The molecule has 5 heteroatoms. The van der Waals surface area contributed by atoms with Gasteiger partial charge in [0.05, 0.1) is 11.5 Å². The largest absolute Gasteiger partial charge is 0.347 e. The fourth-order valence-corrected chi connectivity index (χ4v) is 2.75. The first-order valence-electron chi connectivity index (χ1n) is 6.63. The Morgan fingerprint density at radius 1 is 1.00 bits per heavy atom. The van der Waals surface area contributed by atoms with Gasteiger partial charge in [-0.3, -0.25) is 0 Å². The molecule has 0 fully saturated rings. The van der Waals surface area contributed by atoms with E-state index in [1.165, 1.54) is 12.1 Å². The summed E-state index contributed by atoms with van der Waals surface area (Å²) >= 11 is 0. The lowest BCUT2D eigenvalue weighted by atomic mass is 10.2. The van der Waals surface area contributed by atoms with Crippen LogP contribution < -0.4 is 0 Å². The van der Waals surface area contributed by atoms with Gasteiger partial charge in [0.15, 0.2) is 6.29 Å². The molecule has 0 saturated heterocycles. The van der Waals surface area contributed by atoms with Gasteiger partial charge in [-0.25, -0.2) is 4.18 Å². The normalized spacial score (nSPS) is 13.0. The van der Waals surface area contributed by atoms with Crippen molar-refractivity contribution < 1.29 is 17.3 Å². The molecule has 112 valence electrons. The van der Waals surface area contributed by atoms with E-state index in [9.17, 15) is 8.42 Å². The molecule has 0 saturated carbocycles. The molecule has 0 aliphatic heterocycles. The van der Waals surface area contributed by atoms with Gasteiger partial charge in [-0.1, -0.05) is 48.0 Å².